The standard InChI is InChI=1S/C27H21ClN2O4/c28-23-7-3-1-5-19(23)16-33-20-10-9-17-13-22(27(32)34-25(17)14-20)26(31)29-12-11-18-15-30-24-8-4-2-6-21(18)24/h1-10,13-15,30H,11-12,16H2,(H,29,31). The molecular weight excluding hydrogens is 452 g/mol. The maximum absolute atomic E-state index is 12.6. The van der Waals surface area contributed by atoms with Crippen molar-refractivity contribution in [2.45, 2.75) is 13.0 Å². The Balaban J connectivity index is 1.26. The van der Waals surface area contributed by atoms with E-state index in [9.17, 15) is 9.59 Å². The number of ether oxygens (including phenoxy) is 1. The van der Waals surface area contributed by atoms with Gasteiger partial charge in [0.25, 0.3) is 5.91 Å². The van der Waals surface area contributed by atoms with Gasteiger partial charge in [0.1, 0.15) is 23.5 Å². The van der Waals surface area contributed by atoms with Crippen molar-refractivity contribution >= 4 is 39.4 Å². The molecular formula is C27H21ClN2O4. The maximum atomic E-state index is 12.6. The van der Waals surface area contributed by atoms with Gasteiger partial charge in [-0.1, -0.05) is 48.0 Å². The number of aromatic nitrogens is 1. The fourth-order valence-corrected chi connectivity index (χ4v) is 4.05. The molecule has 1 amide bonds. The highest BCUT2D eigenvalue weighted by molar-refractivity contribution is 6.31. The van der Waals surface area contributed by atoms with Gasteiger partial charge in [-0.05, 0) is 42.3 Å². The highest BCUT2D eigenvalue weighted by Gasteiger charge is 2.14. The van der Waals surface area contributed by atoms with Crippen LogP contribution in [0, 0.1) is 0 Å². The van der Waals surface area contributed by atoms with Gasteiger partial charge in [0.05, 0.1) is 0 Å². The molecule has 0 unspecified atom stereocenters. The summed E-state index contributed by atoms with van der Waals surface area (Å²) in [4.78, 5) is 28.3. The molecule has 0 aliphatic rings. The smallest absolute Gasteiger partial charge is 0.349 e. The lowest BCUT2D eigenvalue weighted by atomic mass is 10.1. The fourth-order valence-electron chi connectivity index (χ4n) is 3.86. The van der Waals surface area contributed by atoms with E-state index in [0.29, 0.717) is 34.7 Å². The zero-order valence-corrected chi connectivity index (χ0v) is 18.9. The number of nitrogens with one attached hydrogen (secondary N) is 2. The average Bonchev–Trinajstić information content (AvgIpc) is 3.26. The molecule has 2 heterocycles. The Kier molecular flexibility index (Phi) is 6.06. The van der Waals surface area contributed by atoms with Crippen LogP contribution in [-0.2, 0) is 13.0 Å². The van der Waals surface area contributed by atoms with Crippen molar-refractivity contribution in [2.75, 3.05) is 6.54 Å². The molecule has 6 nitrogen and oxygen atoms in total. The Morgan fingerprint density at radius 2 is 1.82 bits per heavy atom. The second kappa shape index (κ2) is 9.45. The van der Waals surface area contributed by atoms with E-state index < -0.39 is 11.5 Å². The Bertz CT molecular complexity index is 1550. The lowest BCUT2D eigenvalue weighted by Crippen LogP contribution is -2.29. The molecule has 0 aliphatic carbocycles. The summed E-state index contributed by atoms with van der Waals surface area (Å²) in [6, 6.07) is 22.1. The number of carbonyl (C=O) groups excluding carboxylic acids is 1. The highest BCUT2D eigenvalue weighted by atomic mass is 35.5. The van der Waals surface area contributed by atoms with E-state index in [2.05, 4.69) is 10.3 Å². The molecule has 2 aromatic heterocycles. The van der Waals surface area contributed by atoms with Gasteiger partial charge in [-0.2, -0.15) is 0 Å². The number of hydrogen-bond acceptors (Lipinski definition) is 4. The van der Waals surface area contributed by atoms with Crippen LogP contribution in [0.15, 0.2) is 88.2 Å². The number of rotatable bonds is 7. The minimum atomic E-state index is -0.694. The van der Waals surface area contributed by atoms with Crippen molar-refractivity contribution in [1.82, 2.24) is 10.3 Å². The van der Waals surface area contributed by atoms with Crippen molar-refractivity contribution in [3.63, 3.8) is 0 Å². The van der Waals surface area contributed by atoms with Crippen molar-refractivity contribution in [2.24, 2.45) is 0 Å². The van der Waals surface area contributed by atoms with Crippen LogP contribution in [0.2, 0.25) is 5.02 Å². The topological polar surface area (TPSA) is 84.3 Å². The van der Waals surface area contributed by atoms with Crippen molar-refractivity contribution < 1.29 is 13.9 Å². The third-order valence-electron chi connectivity index (χ3n) is 5.66. The molecule has 3 aromatic carbocycles. The van der Waals surface area contributed by atoms with Gasteiger partial charge in [0, 0.05) is 45.7 Å². The van der Waals surface area contributed by atoms with E-state index in [0.717, 1.165) is 22.0 Å². The number of H-pyrrole nitrogens is 1. The third-order valence-corrected chi connectivity index (χ3v) is 6.03. The number of carbonyl (C=O) groups is 1. The average molecular weight is 473 g/mol. The van der Waals surface area contributed by atoms with E-state index >= 15 is 0 Å². The van der Waals surface area contributed by atoms with Gasteiger partial charge in [-0.3, -0.25) is 4.79 Å². The summed E-state index contributed by atoms with van der Waals surface area (Å²) in [6.45, 7) is 0.680. The molecule has 0 spiro atoms. The summed E-state index contributed by atoms with van der Waals surface area (Å²) in [5.41, 5.74) is 2.62. The Morgan fingerprint density at radius 3 is 2.71 bits per heavy atom. The summed E-state index contributed by atoms with van der Waals surface area (Å²) in [5, 5.41) is 5.18. The minimum Gasteiger partial charge on any atom is -0.489 e. The van der Waals surface area contributed by atoms with Crippen LogP contribution in [-0.4, -0.2) is 17.4 Å². The molecule has 0 bridgehead atoms. The van der Waals surface area contributed by atoms with Gasteiger partial charge < -0.3 is 19.5 Å². The molecule has 5 aromatic rings. The summed E-state index contributed by atoms with van der Waals surface area (Å²) >= 11 is 6.16. The summed E-state index contributed by atoms with van der Waals surface area (Å²) in [5.74, 6) is 0.0704. The SMILES string of the molecule is O=C(NCCc1c[nH]c2ccccc12)c1cc2ccc(OCc3ccccc3Cl)cc2oc1=O. The van der Waals surface area contributed by atoms with Crippen LogP contribution >= 0.6 is 11.6 Å². The first-order valence-corrected chi connectivity index (χ1v) is 11.2. The normalized spacial score (nSPS) is 11.1. The number of para-hydroxylation sites is 1. The predicted molar refractivity (Wildman–Crippen MR) is 133 cm³/mol. The summed E-state index contributed by atoms with van der Waals surface area (Å²) in [6.07, 6.45) is 2.58. The Morgan fingerprint density at radius 1 is 1.00 bits per heavy atom. The quantitative estimate of drug-likeness (QED) is 0.307. The van der Waals surface area contributed by atoms with E-state index in [1.54, 1.807) is 30.3 Å². The van der Waals surface area contributed by atoms with Crippen LogP contribution < -0.4 is 15.7 Å². The molecule has 0 saturated carbocycles. The number of aromatic amines is 1. The largest absolute Gasteiger partial charge is 0.489 e. The van der Waals surface area contributed by atoms with Crippen molar-refractivity contribution in [1.29, 1.82) is 0 Å². The Hall–Kier alpha value is -4.03. The molecule has 0 saturated heterocycles. The predicted octanol–water partition coefficient (Wildman–Crippen LogP) is 5.48. The second-order valence-corrected chi connectivity index (χ2v) is 8.30. The third kappa shape index (κ3) is 4.54. The molecule has 0 atom stereocenters. The Labute approximate surface area is 200 Å². The minimum absolute atomic E-state index is 0.0313. The van der Waals surface area contributed by atoms with E-state index in [1.807, 2.05) is 48.7 Å². The molecule has 0 fully saturated rings. The zero-order valence-electron chi connectivity index (χ0n) is 18.1. The van der Waals surface area contributed by atoms with Gasteiger partial charge >= 0.3 is 5.63 Å². The van der Waals surface area contributed by atoms with E-state index in [-0.39, 0.29) is 12.2 Å². The van der Waals surface area contributed by atoms with Crippen LogP contribution in [0.5, 0.6) is 5.75 Å². The number of benzene rings is 3. The number of fused-ring (bicyclic) bond motifs is 2. The monoisotopic (exact) mass is 472 g/mol. The van der Waals surface area contributed by atoms with Crippen molar-refractivity contribution in [3.05, 3.63) is 111 Å². The van der Waals surface area contributed by atoms with Crippen molar-refractivity contribution in [3.8, 4) is 5.75 Å². The zero-order chi connectivity index (χ0) is 23.5. The molecule has 0 aliphatic heterocycles. The molecule has 2 N–H and O–H groups in total. The number of halogens is 1. The molecule has 0 radical (unpaired) electrons. The van der Waals surface area contributed by atoms with Gasteiger partial charge in [0.2, 0.25) is 0 Å². The number of hydrogen-bond donors (Lipinski definition) is 2. The lowest BCUT2D eigenvalue weighted by Gasteiger charge is -2.09. The molecule has 34 heavy (non-hydrogen) atoms. The first-order valence-electron chi connectivity index (χ1n) is 10.9. The van der Waals surface area contributed by atoms with Gasteiger partial charge in [-0.15, -0.1) is 0 Å². The number of amides is 1. The lowest BCUT2D eigenvalue weighted by molar-refractivity contribution is 0.0950. The molecule has 170 valence electrons. The highest BCUT2D eigenvalue weighted by Crippen LogP contribution is 2.23. The van der Waals surface area contributed by atoms with Crippen LogP contribution in [0.25, 0.3) is 21.9 Å². The molecule has 7 heteroatoms. The van der Waals surface area contributed by atoms with Crippen LogP contribution in [0.4, 0.5) is 0 Å². The van der Waals surface area contributed by atoms with Gasteiger partial charge in [-0.25, -0.2) is 4.79 Å². The van der Waals surface area contributed by atoms with E-state index in [4.69, 9.17) is 20.8 Å². The first-order chi connectivity index (χ1) is 16.6. The van der Waals surface area contributed by atoms with Crippen LogP contribution in [0.1, 0.15) is 21.5 Å². The van der Waals surface area contributed by atoms with Gasteiger partial charge in [0.15, 0.2) is 0 Å². The first kappa shape index (κ1) is 21.8. The molecule has 5 rings (SSSR count). The summed E-state index contributed by atoms with van der Waals surface area (Å²) < 4.78 is 11.2. The second-order valence-electron chi connectivity index (χ2n) is 7.89. The fraction of sp³-hybridized carbons (Fsp3) is 0.111. The maximum Gasteiger partial charge on any atom is 0.349 e. The van der Waals surface area contributed by atoms with Crippen LogP contribution in [0.3, 0.4) is 0 Å². The summed E-state index contributed by atoms with van der Waals surface area (Å²) in [7, 11) is 0. The van der Waals surface area contributed by atoms with E-state index in [1.165, 1.54) is 0 Å².